The van der Waals surface area contributed by atoms with E-state index in [1.807, 2.05) is 68.4 Å². The van der Waals surface area contributed by atoms with Crippen LogP contribution in [0.2, 0.25) is 0 Å². The van der Waals surface area contributed by atoms with Gasteiger partial charge in [-0.25, -0.2) is 0 Å². The fourth-order valence-corrected chi connectivity index (χ4v) is 4.18. The lowest BCUT2D eigenvalue weighted by molar-refractivity contribution is -0.118. The number of allylic oxidation sites excluding steroid dienone is 1. The van der Waals surface area contributed by atoms with Gasteiger partial charge in [0.05, 0.1) is 11.6 Å². The number of fused-ring (bicyclic) bond motifs is 2. The SMILES string of the molecule is CC1=C(C(=O)N[C@H](C)c2ccccc2)C(c2cccc3ccccc23)n2nnnc2N1. The monoisotopic (exact) mass is 410 g/mol. The largest absolute Gasteiger partial charge is 0.346 e. The molecule has 0 radical (unpaired) electrons. The van der Waals surface area contributed by atoms with Gasteiger partial charge in [0, 0.05) is 5.70 Å². The van der Waals surface area contributed by atoms with E-state index in [0.29, 0.717) is 11.5 Å². The zero-order valence-corrected chi connectivity index (χ0v) is 17.3. The fourth-order valence-electron chi connectivity index (χ4n) is 4.18. The highest BCUT2D eigenvalue weighted by Gasteiger charge is 2.35. The third-order valence-electron chi connectivity index (χ3n) is 5.72. The third kappa shape index (κ3) is 3.34. The van der Waals surface area contributed by atoms with Gasteiger partial charge in [-0.15, -0.1) is 0 Å². The molecule has 0 fully saturated rings. The molecule has 7 heteroatoms. The van der Waals surface area contributed by atoms with Gasteiger partial charge in [0.15, 0.2) is 0 Å². The van der Waals surface area contributed by atoms with Crippen molar-refractivity contribution in [1.82, 2.24) is 25.5 Å². The third-order valence-corrected chi connectivity index (χ3v) is 5.72. The standard InChI is InChI=1S/C24H22N6O/c1-15(17-9-4-3-5-10-17)25-23(31)21-16(2)26-24-27-28-29-30(24)22(21)20-14-8-12-18-11-6-7-13-19(18)20/h3-15,22H,1-2H3,(H,25,31)(H,26,27,29)/t15-,22?/m1/s1. The normalized spacial score (nSPS) is 16.5. The number of hydrogen-bond donors (Lipinski definition) is 2. The molecule has 154 valence electrons. The molecule has 31 heavy (non-hydrogen) atoms. The first-order valence-electron chi connectivity index (χ1n) is 10.2. The second-order valence-corrected chi connectivity index (χ2v) is 7.69. The Kier molecular flexibility index (Phi) is 4.71. The highest BCUT2D eigenvalue weighted by molar-refractivity contribution is 5.98. The molecule has 0 saturated heterocycles. The summed E-state index contributed by atoms with van der Waals surface area (Å²) in [6.45, 7) is 3.87. The van der Waals surface area contributed by atoms with Crippen LogP contribution < -0.4 is 10.6 Å². The van der Waals surface area contributed by atoms with Gasteiger partial charge in [0.2, 0.25) is 5.95 Å². The van der Waals surface area contributed by atoms with Gasteiger partial charge < -0.3 is 10.6 Å². The lowest BCUT2D eigenvalue weighted by atomic mass is 9.91. The minimum absolute atomic E-state index is 0.141. The maximum absolute atomic E-state index is 13.6. The first-order chi connectivity index (χ1) is 15.1. The smallest absolute Gasteiger partial charge is 0.251 e. The predicted molar refractivity (Wildman–Crippen MR) is 119 cm³/mol. The summed E-state index contributed by atoms with van der Waals surface area (Å²) >= 11 is 0. The molecule has 0 spiro atoms. The van der Waals surface area contributed by atoms with Crippen LogP contribution in [0, 0.1) is 0 Å². The highest BCUT2D eigenvalue weighted by Crippen LogP contribution is 2.37. The summed E-state index contributed by atoms with van der Waals surface area (Å²) in [4.78, 5) is 13.6. The average Bonchev–Trinajstić information content (AvgIpc) is 3.26. The molecule has 4 aromatic rings. The van der Waals surface area contributed by atoms with Crippen LogP contribution in [-0.2, 0) is 4.79 Å². The summed E-state index contributed by atoms with van der Waals surface area (Å²) in [6, 6.07) is 23.6. The topological polar surface area (TPSA) is 84.7 Å². The van der Waals surface area contributed by atoms with E-state index in [0.717, 1.165) is 27.6 Å². The van der Waals surface area contributed by atoms with Crippen molar-refractivity contribution in [2.75, 3.05) is 5.32 Å². The highest BCUT2D eigenvalue weighted by atomic mass is 16.1. The van der Waals surface area contributed by atoms with Crippen molar-refractivity contribution in [2.24, 2.45) is 0 Å². The van der Waals surface area contributed by atoms with Crippen LogP contribution in [0.3, 0.4) is 0 Å². The van der Waals surface area contributed by atoms with Gasteiger partial charge in [-0.3, -0.25) is 4.79 Å². The summed E-state index contributed by atoms with van der Waals surface area (Å²) in [7, 11) is 0. The maximum atomic E-state index is 13.6. The minimum atomic E-state index is -0.444. The van der Waals surface area contributed by atoms with Gasteiger partial charge in [-0.1, -0.05) is 77.9 Å². The first-order valence-corrected chi connectivity index (χ1v) is 10.2. The first kappa shape index (κ1) is 19.0. The van der Waals surface area contributed by atoms with Gasteiger partial charge >= 0.3 is 0 Å². The number of aromatic nitrogens is 4. The zero-order valence-electron chi connectivity index (χ0n) is 17.3. The minimum Gasteiger partial charge on any atom is -0.346 e. The second-order valence-electron chi connectivity index (χ2n) is 7.69. The Hall–Kier alpha value is -4.00. The van der Waals surface area contributed by atoms with Gasteiger partial charge in [-0.05, 0) is 46.2 Å². The summed E-state index contributed by atoms with van der Waals surface area (Å²) in [6.07, 6.45) is 0. The molecule has 1 aromatic heterocycles. The summed E-state index contributed by atoms with van der Waals surface area (Å²) in [5.74, 6) is 0.364. The van der Waals surface area contributed by atoms with Crippen molar-refractivity contribution < 1.29 is 4.79 Å². The molecule has 0 bridgehead atoms. The van der Waals surface area contributed by atoms with Crippen LogP contribution in [0.1, 0.15) is 37.1 Å². The Morgan fingerprint density at radius 1 is 1.03 bits per heavy atom. The molecule has 5 rings (SSSR count). The van der Waals surface area contributed by atoms with E-state index >= 15 is 0 Å². The molecule has 1 aliphatic heterocycles. The van der Waals surface area contributed by atoms with Crippen LogP contribution in [-0.4, -0.2) is 26.1 Å². The van der Waals surface area contributed by atoms with Crippen LogP contribution in [0.5, 0.6) is 0 Å². The van der Waals surface area contributed by atoms with E-state index in [1.54, 1.807) is 4.68 Å². The lowest BCUT2D eigenvalue weighted by Gasteiger charge is -2.29. The molecule has 3 aromatic carbocycles. The summed E-state index contributed by atoms with van der Waals surface area (Å²) < 4.78 is 1.68. The molecule has 2 atom stereocenters. The Morgan fingerprint density at radius 2 is 1.77 bits per heavy atom. The zero-order chi connectivity index (χ0) is 21.4. The molecule has 0 aliphatic carbocycles. The molecule has 2 heterocycles. The van der Waals surface area contributed by atoms with Crippen molar-refractivity contribution in [3.8, 4) is 0 Å². The number of anilines is 1. The lowest BCUT2D eigenvalue weighted by Crippen LogP contribution is -2.36. The average molecular weight is 410 g/mol. The van der Waals surface area contributed by atoms with Crippen LogP contribution in [0.4, 0.5) is 5.95 Å². The van der Waals surface area contributed by atoms with Crippen molar-refractivity contribution >= 4 is 22.6 Å². The Morgan fingerprint density at radius 3 is 2.61 bits per heavy atom. The van der Waals surface area contributed by atoms with Crippen molar-refractivity contribution in [2.45, 2.75) is 25.9 Å². The molecular formula is C24H22N6O. The molecular weight excluding hydrogens is 388 g/mol. The number of amides is 1. The van der Waals surface area contributed by atoms with Crippen LogP contribution in [0.15, 0.2) is 84.1 Å². The van der Waals surface area contributed by atoms with Gasteiger partial charge in [0.25, 0.3) is 5.91 Å². The number of rotatable bonds is 4. The second kappa shape index (κ2) is 7.68. The molecule has 7 nitrogen and oxygen atoms in total. The molecule has 1 amide bonds. The number of carbonyl (C=O) groups excluding carboxylic acids is 1. The van der Waals surface area contributed by atoms with E-state index in [9.17, 15) is 4.79 Å². The van der Waals surface area contributed by atoms with Crippen molar-refractivity contribution in [1.29, 1.82) is 0 Å². The fraction of sp³-hybridized carbons (Fsp3) is 0.167. The van der Waals surface area contributed by atoms with Crippen LogP contribution >= 0.6 is 0 Å². The number of carbonyl (C=O) groups is 1. The molecule has 0 saturated carbocycles. The quantitative estimate of drug-likeness (QED) is 0.531. The van der Waals surface area contributed by atoms with Gasteiger partial charge in [-0.2, -0.15) is 4.68 Å². The van der Waals surface area contributed by atoms with E-state index in [2.05, 4.69) is 44.4 Å². The Bertz CT molecular complexity index is 1290. The van der Waals surface area contributed by atoms with E-state index in [1.165, 1.54) is 0 Å². The van der Waals surface area contributed by atoms with Crippen molar-refractivity contribution in [3.63, 3.8) is 0 Å². The Labute approximate surface area is 179 Å². The van der Waals surface area contributed by atoms with E-state index in [4.69, 9.17) is 0 Å². The van der Waals surface area contributed by atoms with E-state index < -0.39 is 6.04 Å². The molecule has 1 aliphatic rings. The Balaban J connectivity index is 1.60. The number of nitrogens with one attached hydrogen (secondary N) is 2. The number of tetrazole rings is 1. The van der Waals surface area contributed by atoms with Crippen molar-refractivity contribution in [3.05, 3.63) is 95.2 Å². The molecule has 2 N–H and O–H groups in total. The number of hydrogen-bond acceptors (Lipinski definition) is 5. The summed E-state index contributed by atoms with van der Waals surface area (Å²) in [5, 5.41) is 20.6. The predicted octanol–water partition coefficient (Wildman–Crippen LogP) is 3.99. The summed E-state index contributed by atoms with van der Waals surface area (Å²) in [5.41, 5.74) is 3.35. The van der Waals surface area contributed by atoms with Crippen LogP contribution in [0.25, 0.3) is 10.8 Å². The number of benzene rings is 3. The number of nitrogens with zero attached hydrogens (tertiary/aromatic N) is 4. The van der Waals surface area contributed by atoms with E-state index in [-0.39, 0.29) is 11.9 Å². The van der Waals surface area contributed by atoms with Gasteiger partial charge in [0.1, 0.15) is 6.04 Å². The maximum Gasteiger partial charge on any atom is 0.251 e. The molecule has 1 unspecified atom stereocenters.